The van der Waals surface area contributed by atoms with Crippen LogP contribution >= 0.6 is 0 Å². The minimum Gasteiger partial charge on any atom is -0.480 e. The van der Waals surface area contributed by atoms with Gasteiger partial charge >= 0.3 is 5.97 Å². The van der Waals surface area contributed by atoms with Crippen molar-refractivity contribution in [3.05, 3.63) is 58.5 Å². The van der Waals surface area contributed by atoms with E-state index in [0.29, 0.717) is 50.3 Å². The summed E-state index contributed by atoms with van der Waals surface area (Å²) in [6.07, 6.45) is 5.39. The Balaban J connectivity index is 1.14. The minimum absolute atomic E-state index is 0.0469. The third-order valence-corrected chi connectivity index (χ3v) is 8.25. The number of halogens is 2. The van der Waals surface area contributed by atoms with Crippen LogP contribution in [0.15, 0.2) is 30.3 Å². The summed E-state index contributed by atoms with van der Waals surface area (Å²) >= 11 is 0. The molecule has 2 aromatic rings. The molecule has 0 saturated carbocycles. The maximum absolute atomic E-state index is 15.2. The lowest BCUT2D eigenvalue weighted by atomic mass is 9.96. The second-order valence-corrected chi connectivity index (χ2v) is 11.0. The highest BCUT2D eigenvalue weighted by Crippen LogP contribution is 2.34. The number of nitrogens with zero attached hydrogens (tertiary/aromatic N) is 2. The molecule has 5 rings (SSSR count). The van der Waals surface area contributed by atoms with Crippen LogP contribution in [0.4, 0.5) is 14.6 Å². The van der Waals surface area contributed by atoms with E-state index in [0.717, 1.165) is 56.6 Å². The van der Waals surface area contributed by atoms with E-state index in [9.17, 15) is 14.3 Å². The molecule has 0 radical (unpaired) electrons. The van der Waals surface area contributed by atoms with E-state index in [2.05, 4.69) is 17.4 Å². The number of unbranched alkanes of at least 4 members (excludes halogenated alkanes) is 1. The van der Waals surface area contributed by atoms with Gasteiger partial charge in [0.2, 0.25) is 0 Å². The summed E-state index contributed by atoms with van der Waals surface area (Å²) < 4.78 is 40.7. The number of hydrogen-bond acceptors (Lipinski definition) is 6. The average Bonchev–Trinajstić information content (AvgIpc) is 3.63. The van der Waals surface area contributed by atoms with E-state index in [4.69, 9.17) is 14.5 Å². The molecule has 212 valence electrons. The number of benzene rings is 1. The Kier molecular flexibility index (Phi) is 9.42. The van der Waals surface area contributed by atoms with Gasteiger partial charge in [-0.15, -0.1) is 0 Å². The van der Waals surface area contributed by atoms with Gasteiger partial charge in [0.1, 0.15) is 23.8 Å². The quantitative estimate of drug-likeness (QED) is 0.361. The van der Waals surface area contributed by atoms with Gasteiger partial charge in [0.05, 0.1) is 19.3 Å². The number of pyridine rings is 1. The summed E-state index contributed by atoms with van der Waals surface area (Å²) in [5.74, 6) is -0.801. The number of aryl methyl sites for hydroxylation is 2. The lowest BCUT2D eigenvalue weighted by molar-refractivity contribution is -0.143. The first-order valence-corrected chi connectivity index (χ1v) is 14.3. The molecule has 1 aromatic heterocycles. The number of anilines is 1. The Morgan fingerprint density at radius 1 is 1.26 bits per heavy atom. The van der Waals surface area contributed by atoms with E-state index in [1.165, 1.54) is 17.7 Å². The maximum Gasteiger partial charge on any atom is 0.325 e. The van der Waals surface area contributed by atoms with Crippen LogP contribution in [-0.4, -0.2) is 66.1 Å². The number of alkyl halides is 1. The van der Waals surface area contributed by atoms with Gasteiger partial charge in [-0.2, -0.15) is 0 Å². The van der Waals surface area contributed by atoms with Crippen LogP contribution in [0.3, 0.4) is 0 Å². The number of aromatic nitrogens is 1. The summed E-state index contributed by atoms with van der Waals surface area (Å²) in [5, 5.41) is 13.5. The van der Waals surface area contributed by atoms with Crippen molar-refractivity contribution in [3.63, 3.8) is 0 Å². The van der Waals surface area contributed by atoms with Crippen molar-refractivity contribution >= 4 is 11.8 Å². The van der Waals surface area contributed by atoms with Gasteiger partial charge in [-0.25, -0.2) is 13.8 Å². The second-order valence-electron chi connectivity index (χ2n) is 11.0. The lowest BCUT2D eigenvalue weighted by Crippen LogP contribution is -2.34. The predicted octanol–water partition coefficient (Wildman–Crippen LogP) is 5.08. The molecule has 0 spiro atoms. The Labute approximate surface area is 228 Å². The van der Waals surface area contributed by atoms with Gasteiger partial charge in [0.25, 0.3) is 0 Å². The highest BCUT2D eigenvalue weighted by atomic mass is 19.1. The molecule has 2 unspecified atom stereocenters. The minimum atomic E-state index is -1.06. The summed E-state index contributed by atoms with van der Waals surface area (Å²) in [4.78, 5) is 18.9. The molecule has 1 aromatic carbocycles. The zero-order valence-corrected chi connectivity index (χ0v) is 22.4. The van der Waals surface area contributed by atoms with Crippen molar-refractivity contribution in [2.75, 3.05) is 38.2 Å². The van der Waals surface area contributed by atoms with Crippen molar-refractivity contribution in [3.8, 4) is 0 Å². The van der Waals surface area contributed by atoms with Crippen LogP contribution < -0.4 is 5.32 Å². The number of carboxylic acids is 1. The number of hydrogen-bond donors (Lipinski definition) is 2. The fraction of sp³-hybridized carbons (Fsp3) is 0.600. The molecule has 4 heterocycles. The van der Waals surface area contributed by atoms with E-state index < -0.39 is 24.0 Å². The summed E-state index contributed by atoms with van der Waals surface area (Å²) in [6.45, 7) is 3.08. The fourth-order valence-corrected chi connectivity index (χ4v) is 6.02. The van der Waals surface area contributed by atoms with Crippen molar-refractivity contribution in [2.24, 2.45) is 5.92 Å². The number of carbonyl (C=O) groups is 1. The zero-order valence-electron chi connectivity index (χ0n) is 22.4. The molecule has 0 aliphatic carbocycles. The van der Waals surface area contributed by atoms with Crippen LogP contribution in [0.2, 0.25) is 0 Å². The molecule has 2 fully saturated rings. The van der Waals surface area contributed by atoms with Gasteiger partial charge in [-0.1, -0.05) is 18.6 Å². The molecular weight excluding hydrogens is 504 g/mol. The summed E-state index contributed by atoms with van der Waals surface area (Å²) in [7, 11) is 0. The topological polar surface area (TPSA) is 83.9 Å². The van der Waals surface area contributed by atoms with Crippen LogP contribution in [0.5, 0.6) is 0 Å². The molecule has 3 aliphatic rings. The van der Waals surface area contributed by atoms with Crippen LogP contribution in [0.25, 0.3) is 0 Å². The van der Waals surface area contributed by atoms with E-state index in [-0.39, 0.29) is 18.6 Å². The van der Waals surface area contributed by atoms with E-state index in [1.54, 1.807) is 11.0 Å². The summed E-state index contributed by atoms with van der Waals surface area (Å²) in [6, 6.07) is 7.38. The van der Waals surface area contributed by atoms with Crippen molar-refractivity contribution < 1.29 is 28.2 Å². The standard InChI is InChI=1S/C30H39F2N3O4/c31-23-9-7-22(18-39-25-12-15-38-19-25)26(16-23)28(30(36)37)35-14-11-21(17-35)27(32)6-2-1-5-24-10-8-20-4-3-13-33-29(20)34-24/h7-10,16,21,25,27-28H,1-6,11-15,17-19H2,(H,33,34)(H,36,37)/t21-,25-,27?,28?/m1/s1. The largest absolute Gasteiger partial charge is 0.480 e. The number of nitrogens with one attached hydrogen (secondary N) is 1. The Morgan fingerprint density at radius 3 is 2.97 bits per heavy atom. The Bertz CT molecular complexity index is 1130. The highest BCUT2D eigenvalue weighted by molar-refractivity contribution is 5.76. The lowest BCUT2D eigenvalue weighted by Gasteiger charge is -2.27. The monoisotopic (exact) mass is 543 g/mol. The molecular formula is C30H39F2N3O4. The molecule has 9 heteroatoms. The number of carboxylic acid groups (broad SMARTS) is 1. The molecule has 39 heavy (non-hydrogen) atoms. The first-order valence-electron chi connectivity index (χ1n) is 14.3. The number of aliphatic carboxylic acids is 1. The molecule has 4 atom stereocenters. The predicted molar refractivity (Wildman–Crippen MR) is 144 cm³/mol. The molecule has 0 amide bonds. The van der Waals surface area contributed by atoms with Gasteiger partial charge in [-0.05, 0) is 86.4 Å². The SMILES string of the molecule is O=C(O)C(c1cc(F)ccc1CO[C@@H]1CCOC1)N1CC[C@@H](C(F)CCCCc2ccc3c(n2)NCCC3)C1. The number of fused-ring (bicyclic) bond motifs is 1. The summed E-state index contributed by atoms with van der Waals surface area (Å²) in [5.41, 5.74) is 3.32. The molecule has 2 saturated heterocycles. The van der Waals surface area contributed by atoms with Gasteiger partial charge in [0.15, 0.2) is 0 Å². The third-order valence-electron chi connectivity index (χ3n) is 8.25. The Hall–Kier alpha value is -2.62. The molecule has 7 nitrogen and oxygen atoms in total. The number of ether oxygens (including phenoxy) is 2. The molecule has 2 N–H and O–H groups in total. The van der Waals surface area contributed by atoms with Crippen molar-refractivity contribution in [2.45, 2.75) is 76.3 Å². The Morgan fingerprint density at radius 2 is 2.15 bits per heavy atom. The van der Waals surface area contributed by atoms with E-state index >= 15 is 4.39 Å². The van der Waals surface area contributed by atoms with Gasteiger partial charge in [-0.3, -0.25) is 9.69 Å². The van der Waals surface area contributed by atoms with Crippen molar-refractivity contribution in [1.29, 1.82) is 0 Å². The smallest absolute Gasteiger partial charge is 0.325 e. The maximum atomic E-state index is 15.2. The third kappa shape index (κ3) is 7.13. The van der Waals surface area contributed by atoms with Crippen molar-refractivity contribution in [1.82, 2.24) is 9.88 Å². The fourth-order valence-electron chi connectivity index (χ4n) is 6.02. The normalized spacial score (nSPS) is 22.8. The zero-order chi connectivity index (χ0) is 27.2. The second kappa shape index (κ2) is 13.2. The van der Waals surface area contributed by atoms with Gasteiger partial charge < -0.3 is 19.9 Å². The average molecular weight is 544 g/mol. The van der Waals surface area contributed by atoms with Crippen LogP contribution in [0.1, 0.15) is 67.0 Å². The first kappa shape index (κ1) is 27.9. The van der Waals surface area contributed by atoms with Crippen LogP contribution in [0, 0.1) is 11.7 Å². The number of rotatable bonds is 12. The highest BCUT2D eigenvalue weighted by Gasteiger charge is 2.37. The number of likely N-dealkylation sites (tertiary alicyclic amines) is 1. The van der Waals surface area contributed by atoms with Crippen LogP contribution in [-0.2, 0) is 33.7 Å². The molecule has 0 bridgehead atoms. The van der Waals surface area contributed by atoms with E-state index in [1.807, 2.05) is 0 Å². The molecule has 3 aliphatic heterocycles. The first-order chi connectivity index (χ1) is 19.0. The van der Waals surface area contributed by atoms with Gasteiger partial charge in [0, 0.05) is 31.3 Å².